The molecular formula is C16H25NO2. The number of para-hydroxylation sites is 1. The van der Waals surface area contributed by atoms with E-state index in [1.54, 1.807) is 0 Å². The largest absolute Gasteiger partial charge is 0.486 e. The van der Waals surface area contributed by atoms with Crippen LogP contribution in [0, 0.1) is 0 Å². The Kier molecular flexibility index (Phi) is 3.88. The minimum absolute atomic E-state index is 0.164. The zero-order valence-corrected chi connectivity index (χ0v) is 12.6. The number of rotatable bonds is 5. The van der Waals surface area contributed by atoms with E-state index in [-0.39, 0.29) is 17.2 Å². The molecule has 1 atom stereocenters. The van der Waals surface area contributed by atoms with Crippen LogP contribution in [0.2, 0.25) is 0 Å². The van der Waals surface area contributed by atoms with Crippen LogP contribution in [0.15, 0.2) is 24.3 Å². The first-order valence-corrected chi connectivity index (χ1v) is 7.01. The van der Waals surface area contributed by atoms with Crippen molar-refractivity contribution in [3.05, 3.63) is 29.8 Å². The van der Waals surface area contributed by atoms with E-state index in [4.69, 9.17) is 9.47 Å². The van der Waals surface area contributed by atoms with Gasteiger partial charge >= 0.3 is 0 Å². The third-order valence-electron chi connectivity index (χ3n) is 3.57. The molecule has 0 aromatic heterocycles. The smallest absolute Gasteiger partial charge is 0.125 e. The number of hydrogen-bond donors (Lipinski definition) is 1. The summed E-state index contributed by atoms with van der Waals surface area (Å²) in [7, 11) is 0. The van der Waals surface area contributed by atoms with Crippen LogP contribution in [0.4, 0.5) is 0 Å². The van der Waals surface area contributed by atoms with Gasteiger partial charge in [0.2, 0.25) is 0 Å². The van der Waals surface area contributed by atoms with Gasteiger partial charge in [-0.05, 0) is 40.7 Å². The van der Waals surface area contributed by atoms with E-state index < -0.39 is 0 Å². The third kappa shape index (κ3) is 3.10. The van der Waals surface area contributed by atoms with E-state index in [1.807, 2.05) is 19.1 Å². The van der Waals surface area contributed by atoms with Gasteiger partial charge in [0.25, 0.3) is 0 Å². The predicted molar refractivity (Wildman–Crippen MR) is 77.6 cm³/mol. The molecule has 0 saturated carbocycles. The van der Waals surface area contributed by atoms with E-state index in [0.717, 1.165) is 18.9 Å². The molecule has 1 aliphatic rings. The van der Waals surface area contributed by atoms with Crippen molar-refractivity contribution in [3.8, 4) is 5.75 Å². The monoisotopic (exact) mass is 263 g/mol. The molecule has 0 amide bonds. The molecule has 1 aromatic carbocycles. The molecular weight excluding hydrogens is 238 g/mol. The Hall–Kier alpha value is -1.06. The third-order valence-corrected chi connectivity index (χ3v) is 3.57. The van der Waals surface area contributed by atoms with E-state index in [2.05, 4.69) is 45.1 Å². The molecule has 106 valence electrons. The second kappa shape index (κ2) is 5.14. The average Bonchev–Trinajstić information content (AvgIpc) is 2.56. The summed E-state index contributed by atoms with van der Waals surface area (Å²) in [6.07, 6.45) is 0. The van der Waals surface area contributed by atoms with Crippen molar-refractivity contribution in [2.45, 2.75) is 51.9 Å². The Morgan fingerprint density at radius 3 is 2.68 bits per heavy atom. The highest BCUT2D eigenvalue weighted by molar-refractivity contribution is 5.42. The Balaban J connectivity index is 2.11. The maximum Gasteiger partial charge on any atom is 0.125 e. The minimum atomic E-state index is -0.230. The molecule has 1 N–H and O–H groups in total. The maximum absolute atomic E-state index is 6.03. The van der Waals surface area contributed by atoms with Gasteiger partial charge in [-0.3, -0.25) is 0 Å². The summed E-state index contributed by atoms with van der Waals surface area (Å²) in [6, 6.07) is 8.44. The Bertz CT molecular complexity index is 440. The molecule has 0 fully saturated rings. The van der Waals surface area contributed by atoms with Crippen molar-refractivity contribution in [2.75, 3.05) is 13.2 Å². The minimum Gasteiger partial charge on any atom is -0.486 e. The lowest BCUT2D eigenvalue weighted by atomic mass is 9.94. The van der Waals surface area contributed by atoms with Crippen molar-refractivity contribution in [1.29, 1.82) is 0 Å². The lowest BCUT2D eigenvalue weighted by molar-refractivity contribution is -0.0157. The van der Waals surface area contributed by atoms with Crippen LogP contribution in [0.5, 0.6) is 5.75 Å². The van der Waals surface area contributed by atoms with Crippen LogP contribution in [0.3, 0.4) is 0 Å². The average molecular weight is 263 g/mol. The predicted octanol–water partition coefficient (Wildman–Crippen LogP) is 3.30. The van der Waals surface area contributed by atoms with Crippen molar-refractivity contribution < 1.29 is 9.47 Å². The fourth-order valence-corrected chi connectivity index (χ4v) is 2.67. The highest BCUT2D eigenvalue weighted by Crippen LogP contribution is 2.42. The summed E-state index contributed by atoms with van der Waals surface area (Å²) in [6.45, 7) is 12.0. The van der Waals surface area contributed by atoms with Gasteiger partial charge in [-0.15, -0.1) is 0 Å². The van der Waals surface area contributed by atoms with Gasteiger partial charge in [0.15, 0.2) is 0 Å². The van der Waals surface area contributed by atoms with Gasteiger partial charge in [0.1, 0.15) is 11.4 Å². The van der Waals surface area contributed by atoms with Crippen LogP contribution >= 0.6 is 0 Å². The zero-order valence-electron chi connectivity index (χ0n) is 12.6. The summed E-state index contributed by atoms with van der Waals surface area (Å²) in [5.41, 5.74) is 0.841. The number of hydrogen-bond acceptors (Lipinski definition) is 3. The molecule has 0 bridgehead atoms. The first-order valence-electron chi connectivity index (χ1n) is 7.01. The van der Waals surface area contributed by atoms with Crippen LogP contribution in [0.1, 0.15) is 46.2 Å². The Morgan fingerprint density at radius 2 is 2.00 bits per heavy atom. The fraction of sp³-hybridized carbons (Fsp3) is 0.625. The molecule has 1 aromatic rings. The Morgan fingerprint density at radius 1 is 1.32 bits per heavy atom. The van der Waals surface area contributed by atoms with Crippen LogP contribution in [-0.2, 0) is 4.74 Å². The van der Waals surface area contributed by atoms with E-state index in [1.165, 1.54) is 5.56 Å². The van der Waals surface area contributed by atoms with Crippen LogP contribution in [0.25, 0.3) is 0 Å². The second-order valence-electron chi connectivity index (χ2n) is 6.25. The standard InChI is InChI=1S/C16H25NO2/c1-6-18-15(2,3)11-17-14-12-9-7-8-10-13(12)19-16(14,4)5/h7-10,14,17H,6,11H2,1-5H3. The van der Waals surface area contributed by atoms with E-state index >= 15 is 0 Å². The fourth-order valence-electron chi connectivity index (χ4n) is 2.67. The quantitative estimate of drug-likeness (QED) is 0.884. The molecule has 0 aliphatic carbocycles. The van der Waals surface area contributed by atoms with Crippen LogP contribution in [-0.4, -0.2) is 24.4 Å². The van der Waals surface area contributed by atoms with Gasteiger partial charge in [0.05, 0.1) is 11.6 Å². The highest BCUT2D eigenvalue weighted by atomic mass is 16.5. The second-order valence-corrected chi connectivity index (χ2v) is 6.25. The Labute approximate surface area is 116 Å². The molecule has 1 aliphatic heterocycles. The first-order chi connectivity index (χ1) is 8.86. The van der Waals surface area contributed by atoms with Gasteiger partial charge in [-0.25, -0.2) is 0 Å². The molecule has 0 spiro atoms. The summed E-state index contributed by atoms with van der Waals surface area (Å²) >= 11 is 0. The topological polar surface area (TPSA) is 30.5 Å². The molecule has 2 rings (SSSR count). The van der Waals surface area contributed by atoms with E-state index in [9.17, 15) is 0 Å². The number of nitrogens with one attached hydrogen (secondary N) is 1. The lowest BCUT2D eigenvalue weighted by Gasteiger charge is -2.32. The molecule has 0 radical (unpaired) electrons. The first kappa shape index (κ1) is 14.4. The normalized spacial score (nSPS) is 21.0. The number of ether oxygens (including phenoxy) is 2. The van der Waals surface area contributed by atoms with Crippen molar-refractivity contribution >= 4 is 0 Å². The summed E-state index contributed by atoms with van der Waals surface area (Å²) in [4.78, 5) is 0. The lowest BCUT2D eigenvalue weighted by Crippen LogP contribution is -2.45. The van der Waals surface area contributed by atoms with Crippen LogP contribution < -0.4 is 10.1 Å². The molecule has 3 nitrogen and oxygen atoms in total. The summed E-state index contributed by atoms with van der Waals surface area (Å²) in [5.74, 6) is 0.985. The van der Waals surface area contributed by atoms with E-state index in [0.29, 0.717) is 0 Å². The molecule has 0 saturated heterocycles. The SMILES string of the molecule is CCOC(C)(C)CNC1c2ccccc2OC1(C)C. The zero-order chi connectivity index (χ0) is 14.1. The molecule has 1 heterocycles. The molecule has 3 heteroatoms. The number of benzene rings is 1. The van der Waals surface area contributed by atoms with Gasteiger partial charge in [-0.1, -0.05) is 18.2 Å². The van der Waals surface area contributed by atoms with Crippen molar-refractivity contribution in [2.24, 2.45) is 0 Å². The highest BCUT2D eigenvalue weighted by Gasteiger charge is 2.41. The summed E-state index contributed by atoms with van der Waals surface area (Å²) in [5, 5.41) is 3.60. The van der Waals surface area contributed by atoms with Crippen molar-refractivity contribution in [3.63, 3.8) is 0 Å². The summed E-state index contributed by atoms with van der Waals surface area (Å²) < 4.78 is 11.8. The number of fused-ring (bicyclic) bond motifs is 1. The van der Waals surface area contributed by atoms with Gasteiger partial charge in [0, 0.05) is 18.7 Å². The van der Waals surface area contributed by atoms with Gasteiger partial charge in [-0.2, -0.15) is 0 Å². The molecule has 1 unspecified atom stereocenters. The van der Waals surface area contributed by atoms with Crippen molar-refractivity contribution in [1.82, 2.24) is 5.32 Å². The molecule has 19 heavy (non-hydrogen) atoms. The maximum atomic E-state index is 6.03. The van der Waals surface area contributed by atoms with Gasteiger partial charge < -0.3 is 14.8 Å².